The van der Waals surface area contributed by atoms with Crippen LogP contribution in [-0.2, 0) is 0 Å². The molecule has 0 heterocycles. The summed E-state index contributed by atoms with van der Waals surface area (Å²) in [5.74, 6) is 3.87. The van der Waals surface area contributed by atoms with Crippen molar-refractivity contribution < 1.29 is 10.2 Å². The molecule has 4 fully saturated rings. The Labute approximate surface area is 142 Å². The first kappa shape index (κ1) is 16.4. The monoisotopic (exact) mass is 320 g/mol. The van der Waals surface area contributed by atoms with E-state index in [-0.39, 0.29) is 12.2 Å². The maximum absolute atomic E-state index is 10.3. The van der Waals surface area contributed by atoms with Crippen LogP contribution in [0.5, 0.6) is 0 Å². The van der Waals surface area contributed by atoms with Crippen LogP contribution in [0.4, 0.5) is 0 Å². The van der Waals surface area contributed by atoms with Crippen LogP contribution >= 0.6 is 0 Å². The molecule has 4 aliphatic carbocycles. The van der Waals surface area contributed by atoms with E-state index in [0.717, 1.165) is 36.5 Å². The van der Waals surface area contributed by atoms with E-state index in [1.807, 2.05) is 6.92 Å². The molecule has 23 heavy (non-hydrogen) atoms. The van der Waals surface area contributed by atoms with E-state index < -0.39 is 0 Å². The zero-order chi connectivity index (χ0) is 16.4. The summed E-state index contributed by atoms with van der Waals surface area (Å²) in [5, 5.41) is 20.4. The fourth-order valence-corrected chi connectivity index (χ4v) is 8.07. The molecule has 0 spiro atoms. The van der Waals surface area contributed by atoms with Gasteiger partial charge >= 0.3 is 0 Å². The van der Waals surface area contributed by atoms with E-state index in [4.69, 9.17) is 0 Å². The van der Waals surface area contributed by atoms with Gasteiger partial charge < -0.3 is 10.2 Å². The lowest BCUT2D eigenvalue weighted by Gasteiger charge is -2.61. The molecule has 9 atom stereocenters. The zero-order valence-electron chi connectivity index (χ0n) is 15.3. The molecule has 4 saturated carbocycles. The highest BCUT2D eigenvalue weighted by Gasteiger charge is 2.60. The molecular formula is C21H36O2. The maximum atomic E-state index is 10.3. The maximum Gasteiger partial charge on any atom is 0.0545 e. The molecule has 0 unspecified atom stereocenters. The summed E-state index contributed by atoms with van der Waals surface area (Å²) in [6, 6.07) is 0. The van der Waals surface area contributed by atoms with Crippen LogP contribution < -0.4 is 0 Å². The lowest BCUT2D eigenvalue weighted by Crippen LogP contribution is -2.54. The third-order valence-corrected chi connectivity index (χ3v) is 9.29. The Morgan fingerprint density at radius 3 is 2.30 bits per heavy atom. The number of rotatable bonds is 1. The fraction of sp³-hybridized carbons (Fsp3) is 1.00. The normalized spacial score (nSPS) is 57.3. The smallest absolute Gasteiger partial charge is 0.0545 e. The first-order chi connectivity index (χ1) is 10.9. The van der Waals surface area contributed by atoms with Crippen molar-refractivity contribution in [1.29, 1.82) is 0 Å². The predicted octanol–water partition coefficient (Wildman–Crippen LogP) is 4.39. The van der Waals surface area contributed by atoms with Gasteiger partial charge in [-0.15, -0.1) is 0 Å². The van der Waals surface area contributed by atoms with Gasteiger partial charge in [0.15, 0.2) is 0 Å². The van der Waals surface area contributed by atoms with Gasteiger partial charge in [0.25, 0.3) is 0 Å². The van der Waals surface area contributed by atoms with Crippen molar-refractivity contribution in [3.8, 4) is 0 Å². The van der Waals surface area contributed by atoms with Gasteiger partial charge in [-0.3, -0.25) is 0 Å². The van der Waals surface area contributed by atoms with E-state index in [1.54, 1.807) is 0 Å². The second-order valence-electron chi connectivity index (χ2n) is 10.1. The highest BCUT2D eigenvalue weighted by atomic mass is 16.3. The Morgan fingerprint density at radius 1 is 0.870 bits per heavy atom. The van der Waals surface area contributed by atoms with Crippen molar-refractivity contribution in [2.24, 2.45) is 40.4 Å². The van der Waals surface area contributed by atoms with Gasteiger partial charge in [-0.25, -0.2) is 0 Å². The van der Waals surface area contributed by atoms with E-state index in [1.165, 1.54) is 44.9 Å². The fourth-order valence-electron chi connectivity index (χ4n) is 8.07. The molecular weight excluding hydrogens is 284 g/mol. The summed E-state index contributed by atoms with van der Waals surface area (Å²) in [7, 11) is 0. The molecule has 2 heteroatoms. The van der Waals surface area contributed by atoms with E-state index in [2.05, 4.69) is 13.8 Å². The predicted molar refractivity (Wildman–Crippen MR) is 92.9 cm³/mol. The summed E-state index contributed by atoms with van der Waals surface area (Å²) >= 11 is 0. The quantitative estimate of drug-likeness (QED) is 0.752. The number of hydrogen-bond acceptors (Lipinski definition) is 2. The second kappa shape index (κ2) is 5.46. The first-order valence-electron chi connectivity index (χ1n) is 10.2. The molecule has 4 rings (SSSR count). The minimum absolute atomic E-state index is 0.0374. The topological polar surface area (TPSA) is 40.5 Å². The van der Waals surface area contributed by atoms with Crippen LogP contribution in [0, 0.1) is 40.4 Å². The van der Waals surface area contributed by atoms with Crippen molar-refractivity contribution in [2.45, 2.75) is 90.8 Å². The van der Waals surface area contributed by atoms with Gasteiger partial charge in [0.1, 0.15) is 0 Å². The van der Waals surface area contributed by atoms with Gasteiger partial charge in [-0.1, -0.05) is 13.8 Å². The van der Waals surface area contributed by atoms with Gasteiger partial charge in [0.2, 0.25) is 0 Å². The molecule has 132 valence electrons. The molecule has 2 nitrogen and oxygen atoms in total. The Kier molecular flexibility index (Phi) is 3.89. The molecule has 0 aliphatic heterocycles. The van der Waals surface area contributed by atoms with Crippen molar-refractivity contribution in [2.75, 3.05) is 0 Å². The summed E-state index contributed by atoms with van der Waals surface area (Å²) in [6.07, 6.45) is 11.1. The average Bonchev–Trinajstić information content (AvgIpc) is 2.85. The van der Waals surface area contributed by atoms with Crippen LogP contribution in [-0.4, -0.2) is 22.4 Å². The Hall–Kier alpha value is -0.0800. The van der Waals surface area contributed by atoms with E-state index >= 15 is 0 Å². The largest absolute Gasteiger partial charge is 0.393 e. The number of fused-ring (bicyclic) bond motifs is 5. The Balaban J connectivity index is 1.60. The van der Waals surface area contributed by atoms with Gasteiger partial charge in [-0.2, -0.15) is 0 Å². The standard InChI is InChI=1S/C21H36O2/c1-13(22)17-6-7-18-16-5-4-14-12-15(23)8-10-20(14,2)19(16)9-11-21(17,18)3/h13-19,22-23H,4-12H2,1-3H3/t13-,14-,15-,16-,17+,18+,19-,20-,21+/m0/s1. The van der Waals surface area contributed by atoms with Crippen molar-refractivity contribution >= 4 is 0 Å². The first-order valence-corrected chi connectivity index (χ1v) is 10.2. The molecule has 0 saturated heterocycles. The minimum Gasteiger partial charge on any atom is -0.393 e. The molecule has 0 aromatic rings. The lowest BCUT2D eigenvalue weighted by atomic mass is 9.44. The molecule has 0 bridgehead atoms. The molecule has 0 amide bonds. The third-order valence-electron chi connectivity index (χ3n) is 9.29. The van der Waals surface area contributed by atoms with Crippen LogP contribution in [0.1, 0.15) is 78.6 Å². The van der Waals surface area contributed by atoms with Crippen molar-refractivity contribution in [3.63, 3.8) is 0 Å². The summed E-state index contributed by atoms with van der Waals surface area (Å²) < 4.78 is 0. The van der Waals surface area contributed by atoms with Crippen molar-refractivity contribution in [1.82, 2.24) is 0 Å². The number of aliphatic hydroxyl groups excluding tert-OH is 2. The number of hydrogen-bond donors (Lipinski definition) is 2. The highest BCUT2D eigenvalue weighted by Crippen LogP contribution is 2.67. The third kappa shape index (κ3) is 2.27. The summed E-state index contributed by atoms with van der Waals surface area (Å²) in [4.78, 5) is 0. The lowest BCUT2D eigenvalue weighted by molar-refractivity contribution is -0.132. The molecule has 2 N–H and O–H groups in total. The molecule has 0 aromatic carbocycles. The van der Waals surface area contributed by atoms with E-state index in [9.17, 15) is 10.2 Å². The van der Waals surface area contributed by atoms with Gasteiger partial charge in [0.05, 0.1) is 12.2 Å². The average molecular weight is 321 g/mol. The van der Waals surface area contributed by atoms with Crippen LogP contribution in [0.15, 0.2) is 0 Å². The van der Waals surface area contributed by atoms with Crippen LogP contribution in [0.25, 0.3) is 0 Å². The summed E-state index contributed by atoms with van der Waals surface area (Å²) in [5.41, 5.74) is 0.860. The SMILES string of the molecule is C[C@H](O)[C@H]1CC[C@@H]2[C@@H]3CC[C@H]4C[C@@H](O)CC[C@]4(C)[C@H]3CC[C@@]21C. The van der Waals surface area contributed by atoms with Crippen molar-refractivity contribution in [3.05, 3.63) is 0 Å². The minimum atomic E-state index is -0.140. The van der Waals surface area contributed by atoms with Gasteiger partial charge in [0, 0.05) is 0 Å². The molecule has 0 radical (unpaired) electrons. The zero-order valence-corrected chi connectivity index (χ0v) is 15.3. The van der Waals surface area contributed by atoms with Crippen LogP contribution in [0.2, 0.25) is 0 Å². The Bertz CT molecular complexity index is 461. The van der Waals surface area contributed by atoms with Gasteiger partial charge in [-0.05, 0) is 105 Å². The van der Waals surface area contributed by atoms with E-state index in [0.29, 0.717) is 16.7 Å². The molecule has 0 aromatic heterocycles. The number of aliphatic hydroxyl groups is 2. The highest BCUT2D eigenvalue weighted by molar-refractivity contribution is 5.09. The van der Waals surface area contributed by atoms with Crippen LogP contribution in [0.3, 0.4) is 0 Å². The summed E-state index contributed by atoms with van der Waals surface area (Å²) in [6.45, 7) is 7.08. The molecule has 4 aliphatic rings. The second-order valence-corrected chi connectivity index (χ2v) is 10.1. The Morgan fingerprint density at radius 2 is 1.57 bits per heavy atom.